The van der Waals surface area contributed by atoms with E-state index in [1.807, 2.05) is 18.9 Å². The Kier molecular flexibility index (Phi) is 46.0. The highest BCUT2D eigenvalue weighted by Gasteiger charge is 2.45. The SMILES string of the molecule is C=C(Cc1ccc(C[C@H]2CN(CC(=O)OC)CCN(CC(C)=O)CCN(CC(C)=O)CCN2CC(C)=O)cc1)N(C)CCCCCC(=O)N(CCCCCC(=O)CCCCCCS[C@@H]1OC(CO)[C@@H](O)C(O)[C@H]1NC(C)=O)CCCCCC(=O)NCCCCCS[C@@H]1OC(CO)[C@@H](O)C(C)[C@H]1NC(C)=O. The number of ketones is 4. The molecular formula is C77H131N9O17S2. The highest BCUT2D eigenvalue weighted by molar-refractivity contribution is 8.00. The number of amides is 4. The lowest BCUT2D eigenvalue weighted by molar-refractivity contribution is -0.173. The van der Waals surface area contributed by atoms with Gasteiger partial charge in [-0.05, 0) is 114 Å². The molecule has 0 aromatic heterocycles. The van der Waals surface area contributed by atoms with Crippen molar-refractivity contribution in [3.63, 3.8) is 0 Å². The summed E-state index contributed by atoms with van der Waals surface area (Å²) < 4.78 is 16.9. The first-order valence-electron chi connectivity index (χ1n) is 38.5. The van der Waals surface area contributed by atoms with Gasteiger partial charge in [-0.1, -0.05) is 76.3 Å². The molecule has 598 valence electrons. The van der Waals surface area contributed by atoms with E-state index in [2.05, 4.69) is 71.3 Å². The van der Waals surface area contributed by atoms with Gasteiger partial charge < -0.3 is 65.5 Å². The maximum absolute atomic E-state index is 13.9. The molecule has 0 bridgehead atoms. The van der Waals surface area contributed by atoms with Crippen molar-refractivity contribution < 1.29 is 82.9 Å². The number of nitrogens with one attached hydrogen (secondary N) is 3. The van der Waals surface area contributed by atoms with E-state index in [1.54, 1.807) is 32.5 Å². The number of methoxy groups -OCH3 is 1. The minimum absolute atomic E-state index is 0.00219. The number of rotatable bonds is 50. The van der Waals surface area contributed by atoms with Crippen molar-refractivity contribution in [2.24, 2.45) is 5.92 Å². The number of aliphatic hydroxyl groups is 5. The van der Waals surface area contributed by atoms with Gasteiger partial charge in [-0.15, -0.1) is 23.5 Å². The minimum Gasteiger partial charge on any atom is -0.468 e. The zero-order valence-corrected chi connectivity index (χ0v) is 66.1. The predicted molar refractivity (Wildman–Crippen MR) is 410 cm³/mol. The number of thioether (sulfide) groups is 2. The molecule has 0 aliphatic carbocycles. The van der Waals surface area contributed by atoms with Crippen molar-refractivity contribution in [1.82, 2.24) is 45.3 Å². The van der Waals surface area contributed by atoms with E-state index >= 15 is 0 Å². The van der Waals surface area contributed by atoms with E-state index in [-0.39, 0.29) is 104 Å². The number of carbonyl (C=O) groups is 9. The number of nitrogens with zero attached hydrogens (tertiary/aromatic N) is 6. The second kappa shape index (κ2) is 52.2. The van der Waals surface area contributed by atoms with Gasteiger partial charge in [0.15, 0.2) is 0 Å². The summed E-state index contributed by atoms with van der Waals surface area (Å²) >= 11 is 2.97. The summed E-state index contributed by atoms with van der Waals surface area (Å²) in [5.74, 6) is 0.629. The van der Waals surface area contributed by atoms with Gasteiger partial charge >= 0.3 is 5.97 Å². The van der Waals surface area contributed by atoms with Gasteiger partial charge in [0.2, 0.25) is 23.6 Å². The highest BCUT2D eigenvalue weighted by atomic mass is 32.2. The molecule has 3 fully saturated rings. The van der Waals surface area contributed by atoms with E-state index in [9.17, 15) is 68.7 Å². The first-order valence-corrected chi connectivity index (χ1v) is 40.6. The monoisotopic (exact) mass is 1520 g/mol. The van der Waals surface area contributed by atoms with Gasteiger partial charge in [0.05, 0.1) is 64.7 Å². The fraction of sp³-hybridized carbons (Fsp3) is 0.779. The molecule has 3 saturated heterocycles. The van der Waals surface area contributed by atoms with Crippen LogP contribution in [0.2, 0.25) is 0 Å². The van der Waals surface area contributed by atoms with Crippen LogP contribution in [0.1, 0.15) is 181 Å². The molecular weight excluding hydrogens is 1390 g/mol. The first-order chi connectivity index (χ1) is 50.2. The molecule has 3 aliphatic rings. The Balaban J connectivity index is 1.25. The molecule has 1 aromatic carbocycles. The molecule has 8 N–H and O–H groups in total. The van der Waals surface area contributed by atoms with Crippen LogP contribution in [-0.4, -0.2) is 304 Å². The molecule has 4 unspecified atom stereocenters. The normalized spacial score (nSPS) is 23.1. The lowest BCUT2D eigenvalue weighted by Crippen LogP contribution is -2.63. The number of carbonyl (C=O) groups excluding carboxylic acids is 9. The van der Waals surface area contributed by atoms with Crippen molar-refractivity contribution in [2.75, 3.05) is 137 Å². The Bertz CT molecular complexity index is 2690. The van der Waals surface area contributed by atoms with E-state index in [4.69, 9.17) is 14.2 Å². The lowest BCUT2D eigenvalue weighted by Gasteiger charge is -2.43. The summed E-state index contributed by atoms with van der Waals surface area (Å²) in [6, 6.07) is 7.08. The number of hydrogen-bond donors (Lipinski definition) is 8. The van der Waals surface area contributed by atoms with E-state index in [0.29, 0.717) is 116 Å². The largest absolute Gasteiger partial charge is 0.468 e. The molecule has 105 heavy (non-hydrogen) atoms. The zero-order valence-electron chi connectivity index (χ0n) is 64.5. The van der Waals surface area contributed by atoms with E-state index < -0.39 is 54.0 Å². The summed E-state index contributed by atoms with van der Waals surface area (Å²) in [5.41, 5.74) is 2.10. The molecule has 3 aliphatic heterocycles. The smallest absolute Gasteiger partial charge is 0.319 e. The van der Waals surface area contributed by atoms with Crippen LogP contribution in [0, 0.1) is 5.92 Å². The number of esters is 1. The summed E-state index contributed by atoms with van der Waals surface area (Å²) in [6.45, 7) is 20.0. The minimum atomic E-state index is -1.32. The van der Waals surface area contributed by atoms with Crippen molar-refractivity contribution in [1.29, 1.82) is 0 Å². The lowest BCUT2D eigenvalue weighted by atomic mass is 9.89. The van der Waals surface area contributed by atoms with E-state index in [0.717, 1.165) is 125 Å². The molecule has 28 heteroatoms. The van der Waals surface area contributed by atoms with Crippen LogP contribution in [0.15, 0.2) is 36.5 Å². The second-order valence-corrected chi connectivity index (χ2v) is 31.6. The number of ether oxygens (including phenoxy) is 3. The Hall–Kier alpha value is -4.95. The number of Topliss-reactive ketones (excluding diaryl/α,β-unsaturated/α-hetero) is 4. The molecule has 0 spiro atoms. The number of hydrogen-bond acceptors (Lipinski definition) is 24. The number of unbranched alkanes of at least 4 members (excludes halogenated alkanes) is 11. The topological polar surface area (TPSA) is 338 Å². The maximum atomic E-state index is 13.9. The Labute approximate surface area is 634 Å². The van der Waals surface area contributed by atoms with Gasteiger partial charge in [-0.25, -0.2) is 0 Å². The molecule has 1 aromatic rings. The predicted octanol–water partition coefficient (Wildman–Crippen LogP) is 4.69. The van der Waals surface area contributed by atoms with Gasteiger partial charge in [0.25, 0.3) is 0 Å². The first kappa shape index (κ1) is 92.4. The van der Waals surface area contributed by atoms with E-state index in [1.165, 1.54) is 32.7 Å². The fourth-order valence-corrected chi connectivity index (χ4v) is 16.4. The standard InChI is InChI=1S/C77H131N9O17S2/c1-55(46-62-30-32-63(33-31-62)47-64-51-84(52-70(97)101-9)41-40-82(48-56(2)89)38-39-83(49-57(3)90)42-43-86(64)50-58(4)91)81(8)35-21-14-19-29-69(96)85(36-22-12-17-27-65(94)26-16-10-11-24-44-105-77-72(80-61(7)93)75(100)74(99)67(54-88)103-77)37-23-13-18-28-68(95)78-34-20-15-25-45-104-76-71(79-60(6)92)59(5)73(98)66(53-87)102-76/h30-33,59,64,66-67,71-77,87-88,98-100H,1,10-29,34-54H2,2-9H3,(H,78,95)(H,79,92)(H,80,93)/t59?,64-,66?,67?,71+,72+,73-,74+,75?,76-,77-/m0/s1. The van der Waals surface area contributed by atoms with Crippen molar-refractivity contribution >= 4 is 76.3 Å². The quantitative estimate of drug-likeness (QED) is 0.0324. The number of likely N-dealkylation sites (N-methyl/N-ethyl adjacent to an activating group) is 1. The molecule has 4 rings (SSSR count). The van der Waals surface area contributed by atoms with Crippen LogP contribution in [-0.2, 0) is 70.2 Å². The van der Waals surface area contributed by atoms with Crippen LogP contribution in [0.5, 0.6) is 0 Å². The summed E-state index contributed by atoms with van der Waals surface area (Å²) in [4.78, 5) is 126. The number of allylic oxidation sites excluding steroid dienone is 1. The average molecular weight is 1520 g/mol. The van der Waals surface area contributed by atoms with Crippen LogP contribution in [0.25, 0.3) is 0 Å². The van der Waals surface area contributed by atoms with Crippen molar-refractivity contribution in [3.05, 3.63) is 47.7 Å². The van der Waals surface area contributed by atoms with Crippen molar-refractivity contribution in [3.8, 4) is 0 Å². The molecule has 4 amide bonds. The highest BCUT2D eigenvalue weighted by Crippen LogP contribution is 2.33. The maximum Gasteiger partial charge on any atom is 0.319 e. The third-order valence-corrected chi connectivity index (χ3v) is 22.4. The van der Waals surface area contributed by atoms with Gasteiger partial charge in [-0.3, -0.25) is 62.8 Å². The molecule has 0 radical (unpaired) electrons. The second-order valence-electron chi connectivity index (χ2n) is 29.2. The number of benzene rings is 1. The summed E-state index contributed by atoms with van der Waals surface area (Å²) in [7, 11) is 3.41. The Morgan fingerprint density at radius 1 is 0.562 bits per heavy atom. The number of aliphatic hydroxyl groups excluding tert-OH is 5. The van der Waals surface area contributed by atoms with Crippen LogP contribution in [0.4, 0.5) is 0 Å². The zero-order chi connectivity index (χ0) is 77.2. The third kappa shape index (κ3) is 37.3. The summed E-state index contributed by atoms with van der Waals surface area (Å²) in [5, 5.41) is 59.5. The van der Waals surface area contributed by atoms with Crippen molar-refractivity contribution in [2.45, 2.75) is 242 Å². The Morgan fingerprint density at radius 2 is 1.04 bits per heavy atom. The molecule has 0 saturated carbocycles. The van der Waals surface area contributed by atoms with Crippen LogP contribution < -0.4 is 16.0 Å². The third-order valence-electron chi connectivity index (χ3n) is 19.9. The van der Waals surface area contributed by atoms with Crippen LogP contribution >= 0.6 is 23.5 Å². The van der Waals surface area contributed by atoms with Gasteiger partial charge in [0, 0.05) is 143 Å². The Morgan fingerprint density at radius 3 is 1.59 bits per heavy atom. The molecule has 3 heterocycles. The molecule has 11 atom stereocenters. The molecule has 26 nitrogen and oxygen atoms in total. The van der Waals surface area contributed by atoms with Crippen LogP contribution in [0.3, 0.4) is 0 Å². The van der Waals surface area contributed by atoms with Gasteiger partial charge in [-0.2, -0.15) is 0 Å². The van der Waals surface area contributed by atoms with Gasteiger partial charge in [0.1, 0.15) is 58.4 Å². The average Bonchev–Trinajstić information content (AvgIpc) is 0.818. The summed E-state index contributed by atoms with van der Waals surface area (Å²) in [6.07, 6.45) is 10.9. The fourth-order valence-electron chi connectivity index (χ4n) is 13.8.